The zero-order chi connectivity index (χ0) is 34.4. The molecule has 2 aromatic rings. The number of carbonyl (C=O) groups excluding carboxylic acids is 2. The van der Waals surface area contributed by atoms with Crippen molar-refractivity contribution in [2.24, 2.45) is 22.7 Å². The van der Waals surface area contributed by atoms with Gasteiger partial charge in [0.05, 0.1) is 10.8 Å². The molecule has 2 amide bonds. The number of nitrogens with zero attached hydrogens (tertiary/aromatic N) is 4. The van der Waals surface area contributed by atoms with Crippen molar-refractivity contribution in [1.29, 1.82) is 0 Å². The van der Waals surface area contributed by atoms with Crippen LogP contribution in [0.2, 0.25) is 0 Å². The zero-order valence-electron chi connectivity index (χ0n) is 30.3. The lowest BCUT2D eigenvalue weighted by atomic mass is 9.92. The van der Waals surface area contributed by atoms with Gasteiger partial charge in [0.15, 0.2) is 0 Å². The minimum absolute atomic E-state index is 0.0365. The summed E-state index contributed by atoms with van der Waals surface area (Å²) in [6.45, 7) is 24.4. The Hall–Kier alpha value is -3.24. The SMILES string of the molecule is Cc1cnc(OCC(C)(C)C(=O)N[C@@H]2CN(C)C[C@H]2C)c(C)c1.Cc1cnc(OCC(C)(C)C(=O)N[C@H]2CN(C)C[C@@H]2C)c(C)c1. The monoisotopic (exact) mass is 638 g/mol. The van der Waals surface area contributed by atoms with Crippen LogP contribution in [0.15, 0.2) is 24.5 Å². The summed E-state index contributed by atoms with van der Waals surface area (Å²) in [5.41, 5.74) is 3.00. The molecule has 0 unspecified atom stereocenters. The van der Waals surface area contributed by atoms with Gasteiger partial charge in [-0.15, -0.1) is 0 Å². The Kier molecular flexibility index (Phi) is 12.6. The summed E-state index contributed by atoms with van der Waals surface area (Å²) in [6.07, 6.45) is 3.57. The van der Waals surface area contributed by atoms with Crippen LogP contribution in [0.3, 0.4) is 0 Å². The van der Waals surface area contributed by atoms with Crippen molar-refractivity contribution in [1.82, 2.24) is 30.4 Å². The van der Waals surface area contributed by atoms with Gasteiger partial charge in [-0.2, -0.15) is 0 Å². The Morgan fingerprint density at radius 3 is 1.35 bits per heavy atom. The summed E-state index contributed by atoms with van der Waals surface area (Å²) in [6, 6.07) is 4.49. The highest BCUT2D eigenvalue weighted by atomic mass is 16.5. The molecular formula is C36H58N6O4. The predicted octanol–water partition coefficient (Wildman–Crippen LogP) is 4.34. The van der Waals surface area contributed by atoms with E-state index in [-0.39, 0.29) is 23.9 Å². The van der Waals surface area contributed by atoms with E-state index >= 15 is 0 Å². The van der Waals surface area contributed by atoms with Gasteiger partial charge in [0.1, 0.15) is 13.2 Å². The molecule has 4 rings (SSSR count). The molecule has 0 aliphatic carbocycles. The summed E-state index contributed by atoms with van der Waals surface area (Å²) < 4.78 is 11.6. The van der Waals surface area contributed by atoms with E-state index in [9.17, 15) is 9.59 Å². The summed E-state index contributed by atoms with van der Waals surface area (Å²) in [5, 5.41) is 6.36. The number of aryl methyl sites for hydroxylation is 4. The Morgan fingerprint density at radius 2 is 1.07 bits per heavy atom. The normalized spacial score (nSPS) is 22.2. The molecule has 4 heterocycles. The van der Waals surface area contributed by atoms with Crippen LogP contribution < -0.4 is 20.1 Å². The summed E-state index contributed by atoms with van der Waals surface area (Å²) >= 11 is 0. The van der Waals surface area contributed by atoms with Crippen LogP contribution >= 0.6 is 0 Å². The number of likely N-dealkylation sites (tertiary alicyclic amines) is 2. The maximum absolute atomic E-state index is 12.6. The number of rotatable bonds is 10. The molecule has 2 saturated heterocycles. The lowest BCUT2D eigenvalue weighted by Crippen LogP contribution is -2.48. The molecule has 0 aromatic carbocycles. The topological polar surface area (TPSA) is 109 Å². The lowest BCUT2D eigenvalue weighted by molar-refractivity contribution is -0.132. The van der Waals surface area contributed by atoms with E-state index in [0.29, 0.717) is 36.8 Å². The molecule has 0 radical (unpaired) electrons. The fourth-order valence-corrected chi connectivity index (χ4v) is 5.86. The van der Waals surface area contributed by atoms with Gasteiger partial charge in [-0.25, -0.2) is 9.97 Å². The van der Waals surface area contributed by atoms with Crippen molar-refractivity contribution in [3.8, 4) is 11.8 Å². The third kappa shape index (κ3) is 10.4. The van der Waals surface area contributed by atoms with E-state index in [1.807, 2.05) is 67.5 Å². The third-order valence-corrected chi connectivity index (χ3v) is 8.93. The van der Waals surface area contributed by atoms with Gasteiger partial charge in [0.25, 0.3) is 0 Å². The minimum Gasteiger partial charge on any atom is -0.476 e. The number of hydrogen-bond donors (Lipinski definition) is 2. The van der Waals surface area contributed by atoms with Crippen LogP contribution in [-0.4, -0.2) is 97.2 Å². The largest absolute Gasteiger partial charge is 0.476 e. The molecule has 2 aliphatic heterocycles. The molecule has 10 heteroatoms. The molecular weight excluding hydrogens is 580 g/mol. The maximum atomic E-state index is 12.6. The Labute approximate surface area is 277 Å². The second-order valence-electron chi connectivity index (χ2n) is 15.2. The number of amides is 2. The van der Waals surface area contributed by atoms with Crippen LogP contribution in [0, 0.1) is 50.4 Å². The van der Waals surface area contributed by atoms with Crippen molar-refractivity contribution < 1.29 is 19.1 Å². The Balaban J connectivity index is 0.000000250. The Morgan fingerprint density at radius 1 is 0.717 bits per heavy atom. The average Bonchev–Trinajstić information content (AvgIpc) is 3.45. The first-order chi connectivity index (χ1) is 21.4. The number of hydrogen-bond acceptors (Lipinski definition) is 8. The lowest BCUT2D eigenvalue weighted by Gasteiger charge is -2.27. The van der Waals surface area contributed by atoms with E-state index in [2.05, 4.69) is 58.3 Å². The molecule has 0 bridgehead atoms. The van der Waals surface area contributed by atoms with Crippen LogP contribution in [0.4, 0.5) is 0 Å². The quantitative estimate of drug-likeness (QED) is 0.396. The number of aromatic nitrogens is 2. The smallest absolute Gasteiger partial charge is 0.229 e. The molecule has 0 spiro atoms. The summed E-state index contributed by atoms with van der Waals surface area (Å²) in [7, 11) is 4.17. The summed E-state index contributed by atoms with van der Waals surface area (Å²) in [5.74, 6) is 2.23. The Bertz CT molecular complexity index is 1240. The first-order valence-electron chi connectivity index (χ1n) is 16.5. The fraction of sp³-hybridized carbons (Fsp3) is 0.667. The molecule has 2 aliphatic rings. The standard InChI is InChI=1S/2C18H29N3O2/c2*1-12-7-13(2)16(19-8-12)23-11-18(4,5)17(22)20-15-10-21(6)9-14(15)3/h2*7-8,14-15H,9-11H2,1-6H3,(H,20,22)/t2*14-,15-/m10/s1. The van der Waals surface area contributed by atoms with Crippen molar-refractivity contribution >= 4 is 11.8 Å². The highest BCUT2D eigenvalue weighted by Crippen LogP contribution is 2.24. The van der Waals surface area contributed by atoms with Crippen molar-refractivity contribution in [3.63, 3.8) is 0 Å². The summed E-state index contributed by atoms with van der Waals surface area (Å²) in [4.78, 5) is 38.3. The molecule has 46 heavy (non-hydrogen) atoms. The van der Waals surface area contributed by atoms with Gasteiger partial charge in [0.2, 0.25) is 23.6 Å². The highest BCUT2D eigenvalue weighted by Gasteiger charge is 2.36. The average molecular weight is 639 g/mol. The van der Waals surface area contributed by atoms with Crippen LogP contribution in [0.1, 0.15) is 63.8 Å². The van der Waals surface area contributed by atoms with Crippen LogP contribution in [-0.2, 0) is 9.59 Å². The second kappa shape index (κ2) is 15.6. The van der Waals surface area contributed by atoms with E-state index in [1.54, 1.807) is 12.4 Å². The zero-order valence-corrected chi connectivity index (χ0v) is 30.3. The van der Waals surface area contributed by atoms with Gasteiger partial charge in [-0.3, -0.25) is 9.59 Å². The first-order valence-corrected chi connectivity index (χ1v) is 16.5. The van der Waals surface area contributed by atoms with Gasteiger partial charge < -0.3 is 29.9 Å². The minimum atomic E-state index is -0.597. The highest BCUT2D eigenvalue weighted by molar-refractivity contribution is 5.82. The van der Waals surface area contributed by atoms with Crippen LogP contribution in [0.5, 0.6) is 11.8 Å². The van der Waals surface area contributed by atoms with E-state index in [1.165, 1.54) is 0 Å². The van der Waals surface area contributed by atoms with E-state index < -0.39 is 10.8 Å². The van der Waals surface area contributed by atoms with Gasteiger partial charge >= 0.3 is 0 Å². The van der Waals surface area contributed by atoms with Gasteiger partial charge in [-0.1, -0.05) is 13.8 Å². The van der Waals surface area contributed by atoms with E-state index in [4.69, 9.17) is 9.47 Å². The second-order valence-corrected chi connectivity index (χ2v) is 15.2. The number of nitrogens with one attached hydrogen (secondary N) is 2. The first kappa shape index (κ1) is 37.2. The number of likely N-dealkylation sites (N-methyl/N-ethyl adjacent to an activating group) is 2. The molecule has 256 valence electrons. The number of carbonyl (C=O) groups is 2. The maximum Gasteiger partial charge on any atom is 0.229 e. The molecule has 10 nitrogen and oxygen atoms in total. The third-order valence-electron chi connectivity index (χ3n) is 8.93. The van der Waals surface area contributed by atoms with Crippen molar-refractivity contribution in [2.45, 2.75) is 81.3 Å². The molecule has 2 N–H and O–H groups in total. The van der Waals surface area contributed by atoms with Gasteiger partial charge in [0, 0.05) is 61.8 Å². The van der Waals surface area contributed by atoms with E-state index in [0.717, 1.165) is 48.4 Å². The number of ether oxygens (including phenoxy) is 2. The molecule has 2 aromatic heterocycles. The van der Waals surface area contributed by atoms with Crippen molar-refractivity contribution in [3.05, 3.63) is 46.8 Å². The van der Waals surface area contributed by atoms with Crippen molar-refractivity contribution in [2.75, 3.05) is 53.5 Å². The van der Waals surface area contributed by atoms with Gasteiger partial charge in [-0.05, 0) is 105 Å². The molecule has 0 saturated carbocycles. The predicted molar refractivity (Wildman–Crippen MR) is 183 cm³/mol. The van der Waals surface area contributed by atoms with Crippen LogP contribution in [0.25, 0.3) is 0 Å². The fourth-order valence-electron chi connectivity index (χ4n) is 5.86. The molecule has 2 fully saturated rings. The molecule has 4 atom stereocenters. The number of pyridine rings is 2.